The van der Waals surface area contributed by atoms with Crippen molar-refractivity contribution in [1.82, 2.24) is 5.06 Å². The third-order valence-corrected chi connectivity index (χ3v) is 4.41. The van der Waals surface area contributed by atoms with Gasteiger partial charge in [-0.2, -0.15) is 18.2 Å². The van der Waals surface area contributed by atoms with Crippen molar-refractivity contribution in [2.24, 2.45) is 0 Å². The van der Waals surface area contributed by atoms with Gasteiger partial charge in [0.25, 0.3) is 5.91 Å². The minimum atomic E-state index is -4.49. The van der Waals surface area contributed by atoms with Crippen LogP contribution in [0, 0.1) is 0 Å². The summed E-state index contributed by atoms with van der Waals surface area (Å²) < 4.78 is 38.0. The van der Waals surface area contributed by atoms with E-state index >= 15 is 0 Å². The van der Waals surface area contributed by atoms with Gasteiger partial charge in [-0.25, -0.2) is 4.79 Å². The van der Waals surface area contributed by atoms with E-state index in [0.717, 1.165) is 42.2 Å². The maximum Gasteiger partial charge on any atom is 0.416 e. The standard InChI is InChI=1S/C23H26F3NO3/c1-22(2,3)27(20(28)12-8-7-11-17-9-5-4-6-10-17)30-21(29)18-13-15-19(16-14-18)23(24,25)26/h4-6,9-10,13-16H,7-8,11-12H2,1-3H3. The van der Waals surface area contributed by atoms with Crippen LogP contribution in [0.5, 0.6) is 0 Å². The van der Waals surface area contributed by atoms with E-state index in [1.807, 2.05) is 30.3 Å². The predicted molar refractivity (Wildman–Crippen MR) is 107 cm³/mol. The number of hydrogen-bond donors (Lipinski definition) is 0. The Balaban J connectivity index is 1.96. The molecule has 0 spiro atoms. The maximum absolute atomic E-state index is 12.7. The summed E-state index contributed by atoms with van der Waals surface area (Å²) in [4.78, 5) is 30.3. The van der Waals surface area contributed by atoms with Crippen molar-refractivity contribution in [3.05, 3.63) is 71.3 Å². The molecule has 30 heavy (non-hydrogen) atoms. The van der Waals surface area contributed by atoms with Crippen LogP contribution < -0.4 is 0 Å². The highest BCUT2D eigenvalue weighted by molar-refractivity contribution is 5.90. The average molecular weight is 421 g/mol. The monoisotopic (exact) mass is 421 g/mol. The second-order valence-corrected chi connectivity index (χ2v) is 8.01. The second-order valence-electron chi connectivity index (χ2n) is 8.01. The van der Waals surface area contributed by atoms with Crippen molar-refractivity contribution in [2.45, 2.75) is 58.2 Å². The molecule has 0 unspecified atom stereocenters. The fourth-order valence-corrected chi connectivity index (χ4v) is 2.84. The molecule has 0 fully saturated rings. The molecule has 1 amide bonds. The minimum Gasteiger partial charge on any atom is -0.332 e. The Morgan fingerprint density at radius 2 is 1.50 bits per heavy atom. The zero-order chi connectivity index (χ0) is 22.4. The van der Waals surface area contributed by atoms with Crippen LogP contribution in [0.25, 0.3) is 0 Å². The molecular formula is C23H26F3NO3. The van der Waals surface area contributed by atoms with Gasteiger partial charge >= 0.3 is 12.1 Å². The lowest BCUT2D eigenvalue weighted by Gasteiger charge is -2.33. The van der Waals surface area contributed by atoms with E-state index in [9.17, 15) is 22.8 Å². The van der Waals surface area contributed by atoms with Crippen molar-refractivity contribution in [3.8, 4) is 0 Å². The summed E-state index contributed by atoms with van der Waals surface area (Å²) in [5, 5.41) is 1.01. The molecule has 0 aliphatic rings. The van der Waals surface area contributed by atoms with Crippen molar-refractivity contribution < 1.29 is 27.6 Å². The molecule has 0 aliphatic heterocycles. The van der Waals surface area contributed by atoms with Crippen LogP contribution in [-0.2, 0) is 22.2 Å². The molecule has 0 aromatic heterocycles. The molecule has 2 rings (SSSR count). The van der Waals surface area contributed by atoms with Gasteiger partial charge in [-0.15, -0.1) is 0 Å². The molecule has 0 saturated heterocycles. The number of alkyl halides is 3. The van der Waals surface area contributed by atoms with Crippen molar-refractivity contribution in [3.63, 3.8) is 0 Å². The van der Waals surface area contributed by atoms with Gasteiger partial charge in [0.2, 0.25) is 0 Å². The Morgan fingerprint density at radius 1 is 0.900 bits per heavy atom. The summed E-state index contributed by atoms with van der Waals surface area (Å²) >= 11 is 0. The van der Waals surface area contributed by atoms with Gasteiger partial charge in [-0.1, -0.05) is 30.3 Å². The zero-order valence-corrected chi connectivity index (χ0v) is 17.3. The highest BCUT2D eigenvalue weighted by atomic mass is 19.4. The lowest BCUT2D eigenvalue weighted by Crippen LogP contribution is -2.46. The average Bonchev–Trinajstić information content (AvgIpc) is 2.68. The molecule has 2 aromatic rings. The normalized spacial score (nSPS) is 11.8. The number of carbonyl (C=O) groups is 2. The number of unbranched alkanes of at least 4 members (excludes halogenated alkanes) is 1. The molecule has 0 saturated carbocycles. The number of carbonyl (C=O) groups excluding carboxylic acids is 2. The smallest absolute Gasteiger partial charge is 0.332 e. The molecule has 0 N–H and O–H groups in total. The fourth-order valence-electron chi connectivity index (χ4n) is 2.84. The van der Waals surface area contributed by atoms with Crippen LogP contribution in [0.2, 0.25) is 0 Å². The lowest BCUT2D eigenvalue weighted by atomic mass is 10.1. The highest BCUT2D eigenvalue weighted by Gasteiger charge is 2.32. The number of hydroxylamine groups is 2. The Hall–Kier alpha value is -2.83. The molecule has 4 nitrogen and oxygen atoms in total. The van der Waals surface area contributed by atoms with E-state index in [2.05, 4.69) is 0 Å². The van der Waals surface area contributed by atoms with Crippen molar-refractivity contribution in [1.29, 1.82) is 0 Å². The van der Waals surface area contributed by atoms with Gasteiger partial charge in [-0.05, 0) is 69.9 Å². The van der Waals surface area contributed by atoms with Crippen LogP contribution in [0.4, 0.5) is 13.2 Å². The number of benzene rings is 2. The summed E-state index contributed by atoms with van der Waals surface area (Å²) in [7, 11) is 0. The third-order valence-electron chi connectivity index (χ3n) is 4.41. The number of halogens is 3. The summed E-state index contributed by atoms with van der Waals surface area (Å²) in [5.41, 5.74) is -0.528. The maximum atomic E-state index is 12.7. The van der Waals surface area contributed by atoms with Crippen LogP contribution in [0.1, 0.15) is 61.5 Å². The first kappa shape index (κ1) is 23.4. The fraction of sp³-hybridized carbons (Fsp3) is 0.391. The van der Waals surface area contributed by atoms with Crippen LogP contribution in [-0.4, -0.2) is 22.5 Å². The van der Waals surface area contributed by atoms with E-state index in [4.69, 9.17) is 4.84 Å². The van der Waals surface area contributed by atoms with Crippen LogP contribution in [0.3, 0.4) is 0 Å². The predicted octanol–water partition coefficient (Wildman–Crippen LogP) is 5.82. The molecule has 0 radical (unpaired) electrons. The van der Waals surface area contributed by atoms with Gasteiger partial charge in [0.15, 0.2) is 0 Å². The SMILES string of the molecule is CC(C)(C)N(OC(=O)c1ccc(C(F)(F)F)cc1)C(=O)CCCCc1ccccc1. The number of aryl methyl sites for hydroxylation is 1. The van der Waals surface area contributed by atoms with E-state index in [1.165, 1.54) is 5.56 Å². The van der Waals surface area contributed by atoms with Gasteiger partial charge in [0.1, 0.15) is 0 Å². The minimum absolute atomic E-state index is 0.0610. The summed E-state index contributed by atoms with van der Waals surface area (Å²) in [5.74, 6) is -1.23. The Kier molecular flexibility index (Phi) is 7.65. The zero-order valence-electron chi connectivity index (χ0n) is 17.3. The van der Waals surface area contributed by atoms with Crippen molar-refractivity contribution >= 4 is 11.9 Å². The first-order valence-corrected chi connectivity index (χ1v) is 9.75. The Morgan fingerprint density at radius 3 is 2.03 bits per heavy atom. The summed E-state index contributed by atoms with van der Waals surface area (Å²) in [6.45, 7) is 5.15. The number of rotatable bonds is 6. The molecule has 0 aliphatic carbocycles. The van der Waals surface area contributed by atoms with Gasteiger partial charge in [-0.3, -0.25) is 4.79 Å². The first-order valence-electron chi connectivity index (χ1n) is 9.75. The van der Waals surface area contributed by atoms with Gasteiger partial charge in [0, 0.05) is 6.42 Å². The van der Waals surface area contributed by atoms with E-state index in [0.29, 0.717) is 6.42 Å². The van der Waals surface area contributed by atoms with Crippen LogP contribution >= 0.6 is 0 Å². The van der Waals surface area contributed by atoms with Gasteiger partial charge < -0.3 is 4.84 Å². The largest absolute Gasteiger partial charge is 0.416 e. The quantitative estimate of drug-likeness (QED) is 0.436. The lowest BCUT2D eigenvalue weighted by molar-refractivity contribution is -0.188. The highest BCUT2D eigenvalue weighted by Crippen LogP contribution is 2.29. The Labute approximate surface area is 174 Å². The summed E-state index contributed by atoms with van der Waals surface area (Å²) in [6, 6.07) is 13.6. The van der Waals surface area contributed by atoms with Gasteiger partial charge in [0.05, 0.1) is 16.7 Å². The first-order chi connectivity index (χ1) is 14.0. The number of hydrogen-bond acceptors (Lipinski definition) is 3. The Bertz CT molecular complexity index is 841. The number of amides is 1. The molecular weight excluding hydrogens is 395 g/mol. The molecule has 0 atom stereocenters. The molecule has 7 heteroatoms. The molecule has 2 aromatic carbocycles. The third kappa shape index (κ3) is 6.90. The van der Waals surface area contributed by atoms with E-state index < -0.39 is 23.2 Å². The van der Waals surface area contributed by atoms with E-state index in [-0.39, 0.29) is 17.9 Å². The second kappa shape index (κ2) is 9.78. The molecule has 0 heterocycles. The molecule has 0 bridgehead atoms. The summed E-state index contributed by atoms with van der Waals surface area (Å²) in [6.07, 6.45) is -2.02. The van der Waals surface area contributed by atoms with E-state index in [1.54, 1.807) is 20.8 Å². The van der Waals surface area contributed by atoms with Crippen molar-refractivity contribution in [2.75, 3.05) is 0 Å². The van der Waals surface area contributed by atoms with Crippen LogP contribution in [0.15, 0.2) is 54.6 Å². The number of nitrogens with zero attached hydrogens (tertiary/aromatic N) is 1. The topological polar surface area (TPSA) is 46.6 Å². The molecule has 162 valence electrons.